The highest BCUT2D eigenvalue weighted by atomic mass is 19.4. The van der Waals surface area contributed by atoms with Gasteiger partial charge in [0.2, 0.25) is 0 Å². The summed E-state index contributed by atoms with van der Waals surface area (Å²) in [6, 6.07) is 9.20. The number of hydrogen-bond donors (Lipinski definition) is 2. The van der Waals surface area contributed by atoms with Crippen molar-refractivity contribution in [3.63, 3.8) is 0 Å². The lowest BCUT2D eigenvalue weighted by atomic mass is 10.1. The van der Waals surface area contributed by atoms with E-state index >= 15 is 0 Å². The quantitative estimate of drug-likeness (QED) is 0.392. The monoisotopic (exact) mass is 493 g/mol. The molecule has 0 aliphatic carbocycles. The third-order valence-electron chi connectivity index (χ3n) is 5.60. The summed E-state index contributed by atoms with van der Waals surface area (Å²) in [7, 11) is 1.77. The topological polar surface area (TPSA) is 110 Å². The first-order valence-corrected chi connectivity index (χ1v) is 10.7. The summed E-state index contributed by atoms with van der Waals surface area (Å²) in [5.74, 6) is -1.00. The number of carbonyl (C=O) groups is 1. The number of aromatic amines is 1. The SMILES string of the molecule is Cc1cc(NC(=O)c2cnn(-c3cccc4c(=O)[nH]ccc34)c2C(F)(F)F)cnc1-c1ccn(C)n1. The summed E-state index contributed by atoms with van der Waals surface area (Å²) in [6.45, 7) is 1.76. The zero-order chi connectivity index (χ0) is 25.6. The number of halogens is 3. The zero-order valence-electron chi connectivity index (χ0n) is 19.0. The summed E-state index contributed by atoms with van der Waals surface area (Å²) in [5, 5.41) is 11.1. The molecular weight excluding hydrogens is 475 g/mol. The van der Waals surface area contributed by atoms with Crippen molar-refractivity contribution in [2.75, 3.05) is 5.32 Å². The van der Waals surface area contributed by atoms with E-state index in [0.717, 1.165) is 6.20 Å². The minimum absolute atomic E-state index is 0.0159. The molecule has 1 aromatic carbocycles. The van der Waals surface area contributed by atoms with Gasteiger partial charge in [-0.15, -0.1) is 0 Å². The van der Waals surface area contributed by atoms with Gasteiger partial charge < -0.3 is 10.3 Å². The number of aryl methyl sites for hydroxylation is 2. The van der Waals surface area contributed by atoms with Gasteiger partial charge in [0.05, 0.1) is 35.0 Å². The Kier molecular flexibility index (Phi) is 5.43. The molecule has 2 N–H and O–H groups in total. The highest BCUT2D eigenvalue weighted by Gasteiger charge is 2.41. The Labute approximate surface area is 201 Å². The van der Waals surface area contributed by atoms with Gasteiger partial charge >= 0.3 is 6.18 Å². The first-order valence-electron chi connectivity index (χ1n) is 10.7. The Hall–Kier alpha value is -4.74. The number of benzene rings is 1. The average molecular weight is 493 g/mol. The van der Waals surface area contributed by atoms with E-state index in [-0.39, 0.29) is 22.1 Å². The number of anilines is 1. The van der Waals surface area contributed by atoms with Crippen LogP contribution in [0.2, 0.25) is 0 Å². The van der Waals surface area contributed by atoms with Crippen LogP contribution in [0.4, 0.5) is 18.9 Å². The second-order valence-electron chi connectivity index (χ2n) is 8.08. The Morgan fingerprint density at radius 1 is 1.11 bits per heavy atom. The van der Waals surface area contributed by atoms with E-state index in [1.165, 1.54) is 36.7 Å². The van der Waals surface area contributed by atoms with Crippen molar-refractivity contribution in [2.24, 2.45) is 7.05 Å². The van der Waals surface area contributed by atoms with Crippen molar-refractivity contribution in [1.29, 1.82) is 0 Å². The van der Waals surface area contributed by atoms with Gasteiger partial charge in [-0.3, -0.25) is 19.3 Å². The number of pyridine rings is 2. The Morgan fingerprint density at radius 3 is 2.61 bits per heavy atom. The molecule has 0 radical (unpaired) electrons. The molecule has 0 fully saturated rings. The number of alkyl halides is 3. The summed E-state index contributed by atoms with van der Waals surface area (Å²) in [5.41, 5.74) is -0.259. The molecule has 182 valence electrons. The number of amides is 1. The van der Waals surface area contributed by atoms with Crippen molar-refractivity contribution in [3.8, 4) is 17.1 Å². The van der Waals surface area contributed by atoms with Gasteiger partial charge in [0.1, 0.15) is 5.69 Å². The first kappa shape index (κ1) is 23.0. The van der Waals surface area contributed by atoms with Gasteiger partial charge in [0.25, 0.3) is 11.5 Å². The number of nitrogens with one attached hydrogen (secondary N) is 2. The molecule has 0 spiro atoms. The fraction of sp³-hybridized carbons (Fsp3) is 0.125. The zero-order valence-corrected chi connectivity index (χ0v) is 19.0. The van der Waals surface area contributed by atoms with Crippen LogP contribution in [0.25, 0.3) is 27.8 Å². The largest absolute Gasteiger partial charge is 0.434 e. The van der Waals surface area contributed by atoms with Gasteiger partial charge in [0, 0.05) is 30.2 Å². The molecule has 1 amide bonds. The second kappa shape index (κ2) is 8.48. The number of rotatable bonds is 4. The van der Waals surface area contributed by atoms with Crippen molar-refractivity contribution < 1.29 is 18.0 Å². The Balaban J connectivity index is 1.53. The van der Waals surface area contributed by atoms with Crippen LogP contribution in [0.15, 0.2) is 66.0 Å². The van der Waals surface area contributed by atoms with Gasteiger partial charge in [-0.2, -0.15) is 23.4 Å². The van der Waals surface area contributed by atoms with Crippen LogP contribution >= 0.6 is 0 Å². The van der Waals surface area contributed by atoms with Crippen molar-refractivity contribution >= 4 is 22.4 Å². The molecule has 12 heteroatoms. The molecular formula is C24H18F3N7O2. The van der Waals surface area contributed by atoms with Crippen LogP contribution in [0, 0.1) is 6.92 Å². The first-order chi connectivity index (χ1) is 17.1. The molecule has 0 saturated carbocycles. The predicted octanol–water partition coefficient (Wildman–Crippen LogP) is 4.09. The molecule has 0 saturated heterocycles. The maximum Gasteiger partial charge on any atom is 0.434 e. The third-order valence-corrected chi connectivity index (χ3v) is 5.60. The van der Waals surface area contributed by atoms with Crippen LogP contribution in [-0.4, -0.2) is 35.4 Å². The van der Waals surface area contributed by atoms with Crippen LogP contribution in [0.5, 0.6) is 0 Å². The van der Waals surface area contributed by atoms with E-state index in [1.54, 1.807) is 37.0 Å². The maximum absolute atomic E-state index is 14.2. The van der Waals surface area contributed by atoms with E-state index < -0.39 is 28.9 Å². The van der Waals surface area contributed by atoms with Gasteiger partial charge in [-0.1, -0.05) is 6.07 Å². The summed E-state index contributed by atoms with van der Waals surface area (Å²) in [4.78, 5) is 31.9. The number of fused-ring (bicyclic) bond motifs is 1. The third kappa shape index (κ3) is 4.02. The van der Waals surface area contributed by atoms with Crippen molar-refractivity contribution in [2.45, 2.75) is 13.1 Å². The molecule has 9 nitrogen and oxygen atoms in total. The lowest BCUT2D eigenvalue weighted by molar-refractivity contribution is -0.143. The van der Waals surface area contributed by atoms with E-state index in [1.807, 2.05) is 0 Å². The number of aromatic nitrogens is 6. The van der Waals surface area contributed by atoms with Crippen molar-refractivity contribution in [1.82, 2.24) is 29.5 Å². The molecule has 4 aromatic heterocycles. The van der Waals surface area contributed by atoms with Gasteiger partial charge in [-0.25, -0.2) is 4.68 Å². The molecule has 0 aliphatic heterocycles. The number of hydrogen-bond acceptors (Lipinski definition) is 5. The fourth-order valence-electron chi connectivity index (χ4n) is 4.01. The highest BCUT2D eigenvalue weighted by molar-refractivity contribution is 6.05. The standard InChI is InChI=1S/C24H18F3N7O2/c1-13-10-14(11-29-20(13)18-7-9-33(2)32-18)31-23(36)17-12-30-34(21(17)24(25,26)27)19-5-3-4-16-15(19)6-8-28-22(16)35/h3-12H,1-2H3,(H,28,35)(H,31,36). The molecule has 0 aliphatic rings. The minimum Gasteiger partial charge on any atom is -0.329 e. The second-order valence-corrected chi connectivity index (χ2v) is 8.08. The van der Waals surface area contributed by atoms with Gasteiger partial charge in [0.15, 0.2) is 5.69 Å². The summed E-state index contributed by atoms with van der Waals surface area (Å²) in [6.07, 6.45) is 0.386. The maximum atomic E-state index is 14.2. The molecule has 0 atom stereocenters. The summed E-state index contributed by atoms with van der Waals surface area (Å²) < 4.78 is 44.8. The highest BCUT2D eigenvalue weighted by Crippen LogP contribution is 2.35. The molecule has 36 heavy (non-hydrogen) atoms. The molecule has 0 unspecified atom stereocenters. The Morgan fingerprint density at radius 2 is 1.92 bits per heavy atom. The average Bonchev–Trinajstić information content (AvgIpc) is 3.46. The summed E-state index contributed by atoms with van der Waals surface area (Å²) >= 11 is 0. The minimum atomic E-state index is -4.91. The van der Waals surface area contributed by atoms with Gasteiger partial charge in [-0.05, 0) is 42.8 Å². The molecule has 0 bridgehead atoms. The van der Waals surface area contributed by atoms with Crippen LogP contribution in [0.3, 0.4) is 0 Å². The molecule has 4 heterocycles. The van der Waals surface area contributed by atoms with Crippen LogP contribution in [0.1, 0.15) is 21.6 Å². The smallest absolute Gasteiger partial charge is 0.329 e. The van der Waals surface area contributed by atoms with Crippen molar-refractivity contribution in [3.05, 3.63) is 88.4 Å². The number of H-pyrrole nitrogens is 1. The lowest BCUT2D eigenvalue weighted by Crippen LogP contribution is -2.21. The molecule has 5 rings (SSSR count). The van der Waals surface area contributed by atoms with Crippen LogP contribution < -0.4 is 10.9 Å². The van der Waals surface area contributed by atoms with E-state index in [4.69, 9.17) is 0 Å². The predicted molar refractivity (Wildman–Crippen MR) is 126 cm³/mol. The van der Waals surface area contributed by atoms with E-state index in [0.29, 0.717) is 21.6 Å². The fourth-order valence-corrected chi connectivity index (χ4v) is 4.01. The number of nitrogens with zero attached hydrogens (tertiary/aromatic N) is 5. The molecule has 5 aromatic rings. The van der Waals surface area contributed by atoms with E-state index in [9.17, 15) is 22.8 Å². The Bertz CT molecular complexity index is 1680. The van der Waals surface area contributed by atoms with E-state index in [2.05, 4.69) is 25.5 Å². The normalized spacial score (nSPS) is 11.7. The lowest BCUT2D eigenvalue weighted by Gasteiger charge is -2.14. The van der Waals surface area contributed by atoms with Crippen LogP contribution in [-0.2, 0) is 13.2 Å². The number of carbonyl (C=O) groups excluding carboxylic acids is 1.